The summed E-state index contributed by atoms with van der Waals surface area (Å²) in [6.07, 6.45) is 10.5. The summed E-state index contributed by atoms with van der Waals surface area (Å²) in [4.78, 5) is 4.57. The molecule has 4 nitrogen and oxygen atoms in total. The van der Waals surface area contributed by atoms with Crippen molar-refractivity contribution >= 4 is 0 Å². The minimum absolute atomic E-state index is 0.0425. The molecule has 1 aliphatic rings. The second-order valence-electron chi connectivity index (χ2n) is 4.77. The Morgan fingerprint density at radius 3 is 2.63 bits per heavy atom. The Bertz CT molecular complexity index is 273. The van der Waals surface area contributed by atoms with Gasteiger partial charge in [0.05, 0.1) is 6.61 Å². The first kappa shape index (κ1) is 16.2. The third-order valence-corrected chi connectivity index (χ3v) is 3.12. The second-order valence-corrected chi connectivity index (χ2v) is 4.77. The van der Waals surface area contributed by atoms with Crippen LogP contribution in [0.1, 0.15) is 26.7 Å². The summed E-state index contributed by atoms with van der Waals surface area (Å²) in [5, 5.41) is 0. The highest BCUT2D eigenvalue weighted by Gasteiger charge is 2.18. The molecular weight excluding hydrogens is 240 g/mol. The summed E-state index contributed by atoms with van der Waals surface area (Å²) in [6, 6.07) is 0. The molecule has 1 atom stereocenters. The van der Waals surface area contributed by atoms with E-state index in [0.717, 1.165) is 19.6 Å². The number of hydrogen-bond acceptors (Lipinski definition) is 4. The molecule has 0 aromatic rings. The summed E-state index contributed by atoms with van der Waals surface area (Å²) in [5.74, 6) is 0. The quantitative estimate of drug-likeness (QED) is 0.675. The van der Waals surface area contributed by atoms with Crippen LogP contribution in [0.2, 0.25) is 0 Å². The second kappa shape index (κ2) is 10.0. The van der Waals surface area contributed by atoms with E-state index in [1.54, 1.807) is 7.11 Å². The van der Waals surface area contributed by atoms with E-state index in [-0.39, 0.29) is 6.23 Å². The van der Waals surface area contributed by atoms with Gasteiger partial charge in [0.25, 0.3) is 0 Å². The number of methoxy groups -OCH3 is 1. The van der Waals surface area contributed by atoms with Gasteiger partial charge in [0.2, 0.25) is 0 Å². The minimum Gasteiger partial charge on any atom is -0.360 e. The maximum Gasteiger partial charge on any atom is 0.143 e. The van der Waals surface area contributed by atoms with E-state index in [0.29, 0.717) is 13.3 Å². The largest absolute Gasteiger partial charge is 0.360 e. The van der Waals surface area contributed by atoms with E-state index in [1.807, 2.05) is 24.4 Å². The molecule has 0 fully saturated rings. The van der Waals surface area contributed by atoms with Crippen molar-refractivity contribution in [1.82, 2.24) is 9.80 Å². The zero-order valence-electron chi connectivity index (χ0n) is 12.5. The standard InChI is InChI=1S/C15H28N2O2/c1-4-9-16(10-5-2)13-15(18-3)17-11-7-6-8-12-19-14-17/h6-8,11,15H,4-5,9-10,12-14H2,1-3H3/b8-6-,11-7-. The van der Waals surface area contributed by atoms with E-state index >= 15 is 0 Å². The molecule has 0 bridgehead atoms. The lowest BCUT2D eigenvalue weighted by Crippen LogP contribution is -2.44. The predicted molar refractivity (Wildman–Crippen MR) is 78.8 cm³/mol. The maximum absolute atomic E-state index is 5.64. The van der Waals surface area contributed by atoms with E-state index < -0.39 is 0 Å². The van der Waals surface area contributed by atoms with Gasteiger partial charge in [0, 0.05) is 19.9 Å². The lowest BCUT2D eigenvalue weighted by Gasteiger charge is -2.33. The van der Waals surface area contributed by atoms with Gasteiger partial charge >= 0.3 is 0 Å². The van der Waals surface area contributed by atoms with Gasteiger partial charge < -0.3 is 14.4 Å². The molecule has 0 aromatic heterocycles. The molecule has 1 rings (SSSR count). The van der Waals surface area contributed by atoms with Crippen LogP contribution >= 0.6 is 0 Å². The average Bonchev–Trinajstić information content (AvgIpc) is 2.36. The Balaban J connectivity index is 2.58. The number of nitrogens with zero attached hydrogens (tertiary/aromatic N) is 2. The molecular formula is C15H28N2O2. The zero-order chi connectivity index (χ0) is 13.9. The van der Waals surface area contributed by atoms with Gasteiger partial charge in [0.15, 0.2) is 0 Å². The highest BCUT2D eigenvalue weighted by atomic mass is 16.5. The fourth-order valence-corrected chi connectivity index (χ4v) is 2.21. The van der Waals surface area contributed by atoms with Crippen LogP contribution in [0.25, 0.3) is 0 Å². The van der Waals surface area contributed by atoms with Gasteiger partial charge in [0.1, 0.15) is 13.0 Å². The molecule has 1 heterocycles. The Hall–Kier alpha value is -0.840. The molecule has 0 spiro atoms. The van der Waals surface area contributed by atoms with E-state index in [2.05, 4.69) is 23.6 Å². The summed E-state index contributed by atoms with van der Waals surface area (Å²) in [7, 11) is 1.77. The first-order chi connectivity index (χ1) is 9.31. The van der Waals surface area contributed by atoms with Crippen molar-refractivity contribution in [2.24, 2.45) is 0 Å². The molecule has 1 unspecified atom stereocenters. The highest BCUT2D eigenvalue weighted by molar-refractivity contribution is 5.03. The number of rotatable bonds is 8. The molecule has 0 radical (unpaired) electrons. The Morgan fingerprint density at radius 1 is 1.26 bits per heavy atom. The normalized spacial score (nSPS) is 20.9. The number of allylic oxidation sites excluding steroid dienone is 2. The molecule has 19 heavy (non-hydrogen) atoms. The Labute approximate surface area is 117 Å². The monoisotopic (exact) mass is 268 g/mol. The van der Waals surface area contributed by atoms with Crippen LogP contribution in [-0.2, 0) is 9.47 Å². The highest BCUT2D eigenvalue weighted by Crippen LogP contribution is 2.08. The van der Waals surface area contributed by atoms with Crippen molar-refractivity contribution in [3.8, 4) is 0 Å². The van der Waals surface area contributed by atoms with Gasteiger partial charge in [-0.2, -0.15) is 0 Å². The fraction of sp³-hybridized carbons (Fsp3) is 0.733. The van der Waals surface area contributed by atoms with Crippen molar-refractivity contribution < 1.29 is 9.47 Å². The molecule has 1 aliphatic heterocycles. The molecule has 0 saturated heterocycles. The van der Waals surface area contributed by atoms with Crippen molar-refractivity contribution in [2.45, 2.75) is 32.9 Å². The van der Waals surface area contributed by atoms with Crippen LogP contribution in [0, 0.1) is 0 Å². The zero-order valence-corrected chi connectivity index (χ0v) is 12.5. The first-order valence-corrected chi connectivity index (χ1v) is 7.23. The summed E-state index contributed by atoms with van der Waals surface area (Å²) in [6.45, 7) is 8.81. The molecule has 0 aromatic carbocycles. The molecule has 0 amide bonds. The van der Waals surface area contributed by atoms with Crippen molar-refractivity contribution in [2.75, 3.05) is 40.1 Å². The predicted octanol–water partition coefficient (Wildman–Crippen LogP) is 2.44. The number of hydrogen-bond donors (Lipinski definition) is 0. The van der Waals surface area contributed by atoms with Crippen LogP contribution in [0.3, 0.4) is 0 Å². The van der Waals surface area contributed by atoms with E-state index in [9.17, 15) is 0 Å². The van der Waals surface area contributed by atoms with Crippen LogP contribution in [0.15, 0.2) is 24.4 Å². The van der Waals surface area contributed by atoms with Gasteiger partial charge in [-0.05, 0) is 32.0 Å². The van der Waals surface area contributed by atoms with Crippen molar-refractivity contribution in [3.63, 3.8) is 0 Å². The third-order valence-electron chi connectivity index (χ3n) is 3.12. The fourth-order valence-electron chi connectivity index (χ4n) is 2.21. The van der Waals surface area contributed by atoms with E-state index in [1.165, 1.54) is 12.8 Å². The smallest absolute Gasteiger partial charge is 0.143 e. The average molecular weight is 268 g/mol. The van der Waals surface area contributed by atoms with Crippen molar-refractivity contribution in [3.05, 3.63) is 24.4 Å². The van der Waals surface area contributed by atoms with Crippen molar-refractivity contribution in [1.29, 1.82) is 0 Å². The van der Waals surface area contributed by atoms with E-state index in [4.69, 9.17) is 9.47 Å². The maximum atomic E-state index is 5.64. The molecule has 0 N–H and O–H groups in total. The summed E-state index contributed by atoms with van der Waals surface area (Å²) < 4.78 is 11.2. The molecule has 0 saturated carbocycles. The topological polar surface area (TPSA) is 24.9 Å². The lowest BCUT2D eigenvalue weighted by molar-refractivity contribution is -0.0739. The van der Waals surface area contributed by atoms with Gasteiger partial charge in [-0.3, -0.25) is 4.90 Å². The number of ether oxygens (including phenoxy) is 2. The SMILES string of the molecule is CCCN(CCC)CC(OC)N1/C=C\C=C/COC1. The van der Waals surface area contributed by atoms with Crippen LogP contribution in [-0.4, -0.2) is 56.1 Å². The van der Waals surface area contributed by atoms with Crippen LogP contribution < -0.4 is 0 Å². The van der Waals surface area contributed by atoms with Crippen LogP contribution in [0.5, 0.6) is 0 Å². The molecule has 4 heteroatoms. The Morgan fingerprint density at radius 2 is 2.00 bits per heavy atom. The molecule has 0 aliphatic carbocycles. The van der Waals surface area contributed by atoms with Gasteiger partial charge in [-0.15, -0.1) is 0 Å². The van der Waals surface area contributed by atoms with Gasteiger partial charge in [-0.1, -0.05) is 26.0 Å². The third kappa shape index (κ3) is 6.23. The van der Waals surface area contributed by atoms with Gasteiger partial charge in [-0.25, -0.2) is 0 Å². The Kier molecular flexibility index (Phi) is 8.54. The summed E-state index contributed by atoms with van der Waals surface area (Å²) in [5.41, 5.74) is 0. The lowest BCUT2D eigenvalue weighted by atomic mass is 10.3. The molecule has 110 valence electrons. The van der Waals surface area contributed by atoms with Crippen LogP contribution in [0.4, 0.5) is 0 Å². The summed E-state index contributed by atoms with van der Waals surface area (Å²) >= 11 is 0. The minimum atomic E-state index is 0.0425. The first-order valence-electron chi connectivity index (χ1n) is 7.23.